The van der Waals surface area contributed by atoms with Gasteiger partial charge >= 0.3 is 0 Å². The standard InChI is InChI=1S/2C8H7NS.2C7H5NS.C2H4O2/c1-6-2-3-8-7(4-6)9-5-10-8;1-6-3-2-4-7-8(6)9-5-10-7;2*1-2-4-7-6(3-1)8-5-9-7;1-4-2-3/h2*2-5H,1H3;2*1-5H;2H,1H3. The number of rotatable bonds is 1. The molecule has 0 radical (unpaired) electrons. The highest BCUT2D eigenvalue weighted by molar-refractivity contribution is 7.17. The lowest BCUT2D eigenvalue weighted by Crippen LogP contribution is -1.72. The number of carbonyl (C=O) groups is 1. The zero-order valence-corrected chi connectivity index (χ0v) is 26.5. The molecule has 0 aliphatic rings. The molecule has 0 atom stereocenters. The first-order valence-electron chi connectivity index (χ1n) is 12.7. The fourth-order valence-electron chi connectivity index (χ4n) is 3.60. The molecule has 0 unspecified atom stereocenters. The summed E-state index contributed by atoms with van der Waals surface area (Å²) in [5.74, 6) is 0. The largest absolute Gasteiger partial charge is 0.471 e. The van der Waals surface area contributed by atoms with Gasteiger partial charge in [-0.25, -0.2) is 19.9 Å². The summed E-state index contributed by atoms with van der Waals surface area (Å²) in [6.45, 7) is 4.54. The molecule has 0 aliphatic carbocycles. The molecule has 0 bridgehead atoms. The summed E-state index contributed by atoms with van der Waals surface area (Å²) in [5, 5.41) is 0. The van der Waals surface area contributed by atoms with Gasteiger partial charge in [-0.15, -0.1) is 45.3 Å². The number of hydrogen-bond acceptors (Lipinski definition) is 10. The SMILES string of the molecule is COC=O.Cc1ccc2scnc2c1.Cc1cccc2scnc12.c1ccc2scnc2c1.c1ccc2scnc2c1. The molecule has 0 fully saturated rings. The fraction of sp³-hybridized carbons (Fsp3) is 0.0938. The summed E-state index contributed by atoms with van der Waals surface area (Å²) in [6, 6.07) is 28.8. The maximum absolute atomic E-state index is 8.95. The number of ether oxygens (including phenoxy) is 1. The minimum atomic E-state index is 0.375. The number of benzene rings is 4. The van der Waals surface area contributed by atoms with E-state index in [1.54, 1.807) is 45.3 Å². The maximum Gasteiger partial charge on any atom is 0.292 e. The molecule has 4 aromatic carbocycles. The van der Waals surface area contributed by atoms with Crippen molar-refractivity contribution in [3.05, 3.63) is 118 Å². The van der Waals surface area contributed by atoms with Gasteiger partial charge in [-0.1, -0.05) is 42.5 Å². The molecule has 10 heteroatoms. The summed E-state index contributed by atoms with van der Waals surface area (Å²) in [6.07, 6.45) is 0. The molecule has 0 aliphatic heterocycles. The quantitative estimate of drug-likeness (QED) is 0.169. The van der Waals surface area contributed by atoms with E-state index < -0.39 is 0 Å². The van der Waals surface area contributed by atoms with Crippen molar-refractivity contribution in [2.75, 3.05) is 7.11 Å². The highest BCUT2D eigenvalue weighted by Gasteiger charge is 1.96. The van der Waals surface area contributed by atoms with Crippen LogP contribution in [0, 0.1) is 13.8 Å². The van der Waals surface area contributed by atoms with Crippen molar-refractivity contribution < 1.29 is 9.53 Å². The van der Waals surface area contributed by atoms with Crippen molar-refractivity contribution in [2.45, 2.75) is 13.8 Å². The van der Waals surface area contributed by atoms with E-state index in [9.17, 15) is 0 Å². The smallest absolute Gasteiger partial charge is 0.292 e. The molecule has 8 aromatic rings. The second-order valence-electron chi connectivity index (χ2n) is 8.57. The number of aryl methyl sites for hydroxylation is 2. The predicted molar refractivity (Wildman–Crippen MR) is 181 cm³/mol. The molecule has 0 saturated heterocycles. The molecular weight excluding hydrogens is 601 g/mol. The van der Waals surface area contributed by atoms with Gasteiger partial charge in [0, 0.05) is 0 Å². The second-order valence-corrected chi connectivity index (χ2v) is 12.1. The lowest BCUT2D eigenvalue weighted by Gasteiger charge is -1.90. The molecular formula is C32H28N4O2S4. The van der Waals surface area contributed by atoms with E-state index >= 15 is 0 Å². The first-order chi connectivity index (χ1) is 20.6. The molecule has 212 valence electrons. The van der Waals surface area contributed by atoms with Gasteiger partial charge in [0.05, 0.1) is 70.0 Å². The third-order valence-corrected chi connectivity index (χ3v) is 8.84. The Kier molecular flexibility index (Phi) is 12.0. The summed E-state index contributed by atoms with van der Waals surface area (Å²) in [5.41, 5.74) is 14.5. The number of hydrogen-bond donors (Lipinski definition) is 0. The van der Waals surface area contributed by atoms with E-state index in [2.05, 4.69) is 87.1 Å². The molecule has 4 heterocycles. The summed E-state index contributed by atoms with van der Waals surface area (Å²) >= 11 is 6.73. The number of nitrogens with zero attached hydrogens (tertiary/aromatic N) is 4. The van der Waals surface area contributed by atoms with Crippen molar-refractivity contribution >= 4 is 92.7 Å². The number of thiazole rings is 4. The van der Waals surface area contributed by atoms with Crippen LogP contribution in [-0.4, -0.2) is 33.5 Å². The monoisotopic (exact) mass is 628 g/mol. The van der Waals surface area contributed by atoms with Gasteiger partial charge in [0.15, 0.2) is 0 Å². The fourth-order valence-corrected chi connectivity index (χ4v) is 6.37. The summed E-state index contributed by atoms with van der Waals surface area (Å²) in [7, 11) is 1.31. The molecule has 4 aromatic heterocycles. The van der Waals surface area contributed by atoms with E-state index in [1.165, 1.54) is 37.0 Å². The minimum Gasteiger partial charge on any atom is -0.471 e. The van der Waals surface area contributed by atoms with Crippen molar-refractivity contribution in [3.63, 3.8) is 0 Å². The van der Waals surface area contributed by atoms with Gasteiger partial charge in [-0.2, -0.15) is 0 Å². The van der Waals surface area contributed by atoms with E-state index in [4.69, 9.17) is 4.79 Å². The Morgan fingerprint density at radius 3 is 1.60 bits per heavy atom. The average Bonchev–Trinajstić information content (AvgIpc) is 3.85. The van der Waals surface area contributed by atoms with Gasteiger partial charge < -0.3 is 4.74 Å². The Morgan fingerprint density at radius 1 is 0.571 bits per heavy atom. The van der Waals surface area contributed by atoms with Crippen LogP contribution >= 0.6 is 45.3 Å². The van der Waals surface area contributed by atoms with Crippen LogP contribution < -0.4 is 0 Å². The molecule has 0 amide bonds. The van der Waals surface area contributed by atoms with Crippen LogP contribution in [0.15, 0.2) is 107 Å². The van der Waals surface area contributed by atoms with Crippen LogP contribution in [0.4, 0.5) is 0 Å². The lowest BCUT2D eigenvalue weighted by atomic mass is 10.2. The van der Waals surface area contributed by atoms with Gasteiger partial charge in [0.2, 0.25) is 0 Å². The van der Waals surface area contributed by atoms with Crippen molar-refractivity contribution in [2.24, 2.45) is 0 Å². The van der Waals surface area contributed by atoms with Crippen LogP contribution in [0.25, 0.3) is 40.9 Å². The Balaban J connectivity index is 0.000000124. The lowest BCUT2D eigenvalue weighted by molar-refractivity contribution is -0.126. The zero-order chi connectivity index (χ0) is 29.6. The molecule has 42 heavy (non-hydrogen) atoms. The topological polar surface area (TPSA) is 77.9 Å². The molecule has 0 spiro atoms. The Hall–Kier alpha value is -4.09. The highest BCUT2D eigenvalue weighted by Crippen LogP contribution is 2.20. The van der Waals surface area contributed by atoms with Crippen LogP contribution in [0.1, 0.15) is 11.1 Å². The van der Waals surface area contributed by atoms with Crippen molar-refractivity contribution in [1.82, 2.24) is 19.9 Å². The van der Waals surface area contributed by atoms with Crippen LogP contribution in [-0.2, 0) is 9.53 Å². The Bertz CT molecular complexity index is 1830. The summed E-state index contributed by atoms with van der Waals surface area (Å²) in [4.78, 5) is 25.7. The molecule has 6 nitrogen and oxygen atoms in total. The minimum absolute atomic E-state index is 0.375. The third kappa shape index (κ3) is 8.95. The molecule has 8 rings (SSSR count). The molecule has 0 saturated carbocycles. The average molecular weight is 629 g/mol. The van der Waals surface area contributed by atoms with E-state index in [0.29, 0.717) is 6.47 Å². The van der Waals surface area contributed by atoms with Crippen LogP contribution in [0.2, 0.25) is 0 Å². The number of para-hydroxylation sites is 3. The van der Waals surface area contributed by atoms with Gasteiger partial charge in [0.1, 0.15) is 0 Å². The number of fused-ring (bicyclic) bond motifs is 4. The summed E-state index contributed by atoms with van der Waals surface area (Å²) < 4.78 is 8.93. The molecule has 0 N–H and O–H groups in total. The van der Waals surface area contributed by atoms with E-state index in [0.717, 1.165) is 22.1 Å². The second kappa shape index (κ2) is 16.4. The Morgan fingerprint density at radius 2 is 1.05 bits per heavy atom. The number of aromatic nitrogens is 4. The number of carbonyl (C=O) groups excluding carboxylic acids is 1. The highest BCUT2D eigenvalue weighted by atomic mass is 32.1. The van der Waals surface area contributed by atoms with E-state index in [1.807, 2.05) is 58.4 Å². The third-order valence-electron chi connectivity index (χ3n) is 5.62. The van der Waals surface area contributed by atoms with Gasteiger partial charge in [-0.3, -0.25) is 4.79 Å². The van der Waals surface area contributed by atoms with Crippen molar-refractivity contribution in [3.8, 4) is 0 Å². The predicted octanol–water partition coefficient (Wildman–Crippen LogP) is 9.59. The first-order valence-corrected chi connectivity index (χ1v) is 16.2. The van der Waals surface area contributed by atoms with Crippen LogP contribution in [0.3, 0.4) is 0 Å². The first kappa shape index (κ1) is 30.9. The maximum atomic E-state index is 8.95. The van der Waals surface area contributed by atoms with E-state index in [-0.39, 0.29) is 0 Å². The van der Waals surface area contributed by atoms with Crippen LogP contribution in [0.5, 0.6) is 0 Å². The van der Waals surface area contributed by atoms with Gasteiger partial charge in [-0.05, 0) is 67.4 Å². The van der Waals surface area contributed by atoms with Gasteiger partial charge in [0.25, 0.3) is 6.47 Å². The normalized spacial score (nSPS) is 9.88. The zero-order valence-electron chi connectivity index (χ0n) is 23.2. The number of methoxy groups -OCH3 is 1. The van der Waals surface area contributed by atoms with Crippen molar-refractivity contribution in [1.29, 1.82) is 0 Å². The Labute approximate surface area is 260 Å².